The van der Waals surface area contributed by atoms with E-state index in [1.165, 1.54) is 12.8 Å². The largest absolute Gasteiger partial charge is 0.490 e. The van der Waals surface area contributed by atoms with Crippen molar-refractivity contribution in [3.05, 3.63) is 76.7 Å². The molecule has 0 saturated heterocycles. The molecule has 0 spiro atoms. The summed E-state index contributed by atoms with van der Waals surface area (Å²) < 4.78 is 16.8. The third-order valence-electron chi connectivity index (χ3n) is 6.36. The highest BCUT2D eigenvalue weighted by Crippen LogP contribution is 2.29. The zero-order valence-corrected chi connectivity index (χ0v) is 21.8. The average Bonchev–Trinajstić information content (AvgIpc) is 3.57. The third-order valence-corrected chi connectivity index (χ3v) is 6.68. The second-order valence-electron chi connectivity index (χ2n) is 9.57. The zero-order valence-electron chi connectivity index (χ0n) is 21.0. The van der Waals surface area contributed by atoms with Gasteiger partial charge in [0.25, 0.3) is 5.91 Å². The monoisotopic (exact) mass is 525 g/mol. The number of benzene rings is 2. The fraction of sp³-hybridized carbons (Fsp3) is 0.379. The number of furan rings is 1. The molecule has 1 aliphatic carbocycles. The number of carboxylic acids is 1. The molecule has 1 atom stereocenters. The van der Waals surface area contributed by atoms with Gasteiger partial charge >= 0.3 is 5.97 Å². The van der Waals surface area contributed by atoms with Gasteiger partial charge in [0.05, 0.1) is 35.3 Å². The van der Waals surface area contributed by atoms with Crippen LogP contribution in [0.25, 0.3) is 11.1 Å². The average molecular weight is 526 g/mol. The minimum absolute atomic E-state index is 0.203. The first-order chi connectivity index (χ1) is 17.8. The Morgan fingerprint density at radius 1 is 1.14 bits per heavy atom. The number of ether oxygens (including phenoxy) is 2. The first kappa shape index (κ1) is 26.8. The van der Waals surface area contributed by atoms with Gasteiger partial charge in [0.1, 0.15) is 5.75 Å². The van der Waals surface area contributed by atoms with Gasteiger partial charge in [-0.25, -0.2) is 4.79 Å². The summed E-state index contributed by atoms with van der Waals surface area (Å²) in [6, 6.07) is 12.6. The summed E-state index contributed by atoms with van der Waals surface area (Å²) in [5.74, 6) is -0.662. The van der Waals surface area contributed by atoms with Gasteiger partial charge in [0, 0.05) is 18.5 Å². The van der Waals surface area contributed by atoms with Crippen molar-refractivity contribution < 1.29 is 28.6 Å². The Bertz CT molecular complexity index is 1220. The van der Waals surface area contributed by atoms with Crippen LogP contribution in [0.15, 0.2) is 59.4 Å². The fourth-order valence-corrected chi connectivity index (χ4v) is 4.83. The smallest absolute Gasteiger partial charge is 0.333 e. The van der Waals surface area contributed by atoms with E-state index in [0.29, 0.717) is 16.3 Å². The summed E-state index contributed by atoms with van der Waals surface area (Å²) in [7, 11) is 0. The lowest BCUT2D eigenvalue weighted by Gasteiger charge is -2.18. The molecule has 2 aromatic carbocycles. The SMILES string of the molecule is CC(C)OC(Cc1ccc(-c2ccoc2)c(CNC(=O)c2ccc(OC3CCCC3)cc2Cl)c1)C(=O)O. The number of carbonyl (C=O) groups excluding carboxylic acids is 1. The predicted molar refractivity (Wildman–Crippen MR) is 141 cm³/mol. The number of nitrogens with one attached hydrogen (secondary N) is 1. The van der Waals surface area contributed by atoms with Gasteiger partial charge in [0.2, 0.25) is 0 Å². The number of rotatable bonds is 11. The van der Waals surface area contributed by atoms with Crippen molar-refractivity contribution in [2.75, 3.05) is 0 Å². The van der Waals surface area contributed by atoms with Gasteiger partial charge in [-0.1, -0.05) is 29.8 Å². The normalized spacial score (nSPS) is 14.6. The topological polar surface area (TPSA) is 98.0 Å². The van der Waals surface area contributed by atoms with E-state index in [1.54, 1.807) is 44.6 Å². The van der Waals surface area contributed by atoms with Crippen LogP contribution in [0.5, 0.6) is 5.75 Å². The molecule has 1 saturated carbocycles. The first-order valence-electron chi connectivity index (χ1n) is 12.6. The maximum atomic E-state index is 13.0. The number of carboxylic acid groups (broad SMARTS) is 1. The molecule has 1 aromatic heterocycles. The van der Waals surface area contributed by atoms with Crippen molar-refractivity contribution >= 4 is 23.5 Å². The summed E-state index contributed by atoms with van der Waals surface area (Å²) in [6.45, 7) is 3.82. The molecule has 2 N–H and O–H groups in total. The molecule has 1 amide bonds. The van der Waals surface area contributed by atoms with Crippen LogP contribution in [0.3, 0.4) is 0 Å². The van der Waals surface area contributed by atoms with Crippen LogP contribution in [0.1, 0.15) is 61.0 Å². The number of aliphatic carboxylic acids is 1. The lowest BCUT2D eigenvalue weighted by Crippen LogP contribution is -2.29. The lowest BCUT2D eigenvalue weighted by molar-refractivity contribution is -0.153. The van der Waals surface area contributed by atoms with Crippen molar-refractivity contribution in [3.8, 4) is 16.9 Å². The fourth-order valence-electron chi connectivity index (χ4n) is 4.58. The Morgan fingerprint density at radius 3 is 2.57 bits per heavy atom. The van der Waals surface area contributed by atoms with Gasteiger partial charge in [0.15, 0.2) is 6.10 Å². The molecule has 0 radical (unpaired) electrons. The molecule has 1 unspecified atom stereocenters. The first-order valence-corrected chi connectivity index (χ1v) is 12.9. The number of carbonyl (C=O) groups is 2. The highest BCUT2D eigenvalue weighted by molar-refractivity contribution is 6.34. The van der Waals surface area contributed by atoms with Crippen LogP contribution in [-0.2, 0) is 22.5 Å². The molecule has 8 heteroatoms. The van der Waals surface area contributed by atoms with E-state index in [9.17, 15) is 14.7 Å². The Labute approximate surface area is 221 Å². The van der Waals surface area contributed by atoms with Crippen molar-refractivity contribution in [1.29, 1.82) is 0 Å². The quantitative estimate of drug-likeness (QED) is 0.306. The molecule has 1 heterocycles. The summed E-state index contributed by atoms with van der Waals surface area (Å²) in [4.78, 5) is 24.7. The minimum atomic E-state index is -1.02. The maximum Gasteiger partial charge on any atom is 0.333 e. The van der Waals surface area contributed by atoms with Gasteiger partial charge in [-0.15, -0.1) is 0 Å². The molecule has 0 bridgehead atoms. The highest BCUT2D eigenvalue weighted by atomic mass is 35.5. The Hall–Kier alpha value is -3.29. The van der Waals surface area contributed by atoms with E-state index in [4.69, 9.17) is 25.5 Å². The second-order valence-corrected chi connectivity index (χ2v) is 9.98. The van der Waals surface area contributed by atoms with Crippen LogP contribution in [0, 0.1) is 0 Å². The summed E-state index contributed by atoms with van der Waals surface area (Å²) in [5.41, 5.74) is 3.70. The lowest BCUT2D eigenvalue weighted by atomic mass is 9.96. The molecule has 1 aliphatic rings. The van der Waals surface area contributed by atoms with Crippen molar-refractivity contribution in [2.45, 2.75) is 70.8 Å². The van der Waals surface area contributed by atoms with Gasteiger partial charge in [-0.05, 0) is 80.5 Å². The predicted octanol–water partition coefficient (Wildman–Crippen LogP) is 6.27. The summed E-state index contributed by atoms with van der Waals surface area (Å²) >= 11 is 6.43. The van der Waals surface area contributed by atoms with E-state index in [1.807, 2.05) is 24.3 Å². The number of amides is 1. The van der Waals surface area contributed by atoms with E-state index < -0.39 is 12.1 Å². The molecular formula is C29H32ClNO6. The van der Waals surface area contributed by atoms with E-state index in [0.717, 1.165) is 35.1 Å². The molecule has 4 rings (SSSR count). The number of hydrogen-bond acceptors (Lipinski definition) is 5. The molecule has 37 heavy (non-hydrogen) atoms. The Kier molecular flexibility index (Phi) is 8.90. The van der Waals surface area contributed by atoms with E-state index in [2.05, 4.69) is 5.32 Å². The molecule has 0 aliphatic heterocycles. The van der Waals surface area contributed by atoms with Gasteiger partial charge in [-0.3, -0.25) is 4.79 Å². The second kappa shape index (κ2) is 12.3. The van der Waals surface area contributed by atoms with Crippen molar-refractivity contribution in [1.82, 2.24) is 5.32 Å². The van der Waals surface area contributed by atoms with Crippen molar-refractivity contribution in [2.24, 2.45) is 0 Å². The Balaban J connectivity index is 1.50. The Morgan fingerprint density at radius 2 is 1.92 bits per heavy atom. The van der Waals surface area contributed by atoms with E-state index >= 15 is 0 Å². The molecule has 7 nitrogen and oxygen atoms in total. The molecular weight excluding hydrogens is 494 g/mol. The van der Waals surface area contributed by atoms with E-state index in [-0.39, 0.29) is 31.1 Å². The minimum Gasteiger partial charge on any atom is -0.490 e. The summed E-state index contributed by atoms with van der Waals surface area (Å²) in [5, 5.41) is 12.8. The van der Waals surface area contributed by atoms with Crippen LogP contribution in [0.4, 0.5) is 0 Å². The number of hydrogen-bond donors (Lipinski definition) is 2. The van der Waals surface area contributed by atoms with Crippen LogP contribution in [0.2, 0.25) is 5.02 Å². The third kappa shape index (κ3) is 7.14. The zero-order chi connectivity index (χ0) is 26.4. The molecule has 1 fully saturated rings. The van der Waals surface area contributed by atoms with Crippen LogP contribution < -0.4 is 10.1 Å². The van der Waals surface area contributed by atoms with Gasteiger partial charge in [-0.2, -0.15) is 0 Å². The number of halogens is 1. The highest BCUT2D eigenvalue weighted by Gasteiger charge is 2.22. The summed E-state index contributed by atoms with van der Waals surface area (Å²) in [6.07, 6.45) is 6.84. The van der Waals surface area contributed by atoms with Crippen molar-refractivity contribution in [3.63, 3.8) is 0 Å². The van der Waals surface area contributed by atoms with Crippen LogP contribution in [-0.4, -0.2) is 35.3 Å². The van der Waals surface area contributed by atoms with Gasteiger partial charge < -0.3 is 24.3 Å². The molecule has 3 aromatic rings. The standard InChI is InChI=1S/C29H32ClNO6/c1-18(2)36-27(29(33)34)14-19-7-9-24(20-11-12-35-17-20)21(13-19)16-31-28(32)25-10-8-23(15-26(25)30)37-22-5-3-4-6-22/h7-13,15,17-18,22,27H,3-6,14,16H2,1-2H3,(H,31,32)(H,33,34). The molecule has 196 valence electrons. The van der Waals surface area contributed by atoms with Crippen LogP contribution >= 0.6 is 11.6 Å². The maximum absolute atomic E-state index is 13.0.